The molecule has 1 atom stereocenters. The fourth-order valence-corrected chi connectivity index (χ4v) is 1.60. The molecule has 0 aliphatic rings. The molecule has 96 valence electrons. The van der Waals surface area contributed by atoms with Crippen LogP contribution >= 0.6 is 0 Å². The number of hydrogen-bond acceptors (Lipinski definition) is 2. The van der Waals surface area contributed by atoms with E-state index >= 15 is 0 Å². The lowest BCUT2D eigenvalue weighted by molar-refractivity contribution is 0.131. The normalized spacial score (nSPS) is 14.5. The smallest absolute Gasteiger partial charge is 0.120 e. The Hall–Kier alpha value is -1.02. The highest BCUT2D eigenvalue weighted by Gasteiger charge is 2.22. The predicted octanol–water partition coefficient (Wildman–Crippen LogP) is 3.91. The van der Waals surface area contributed by atoms with Crippen LogP contribution in [0, 0.1) is 5.41 Å². The van der Waals surface area contributed by atoms with Gasteiger partial charge in [-0.15, -0.1) is 0 Å². The van der Waals surface area contributed by atoms with Crippen molar-refractivity contribution in [2.75, 3.05) is 0 Å². The molecular weight excluding hydrogens is 210 g/mol. The monoisotopic (exact) mass is 235 g/mol. The van der Waals surface area contributed by atoms with Gasteiger partial charge in [-0.25, -0.2) is 0 Å². The average molecular weight is 235 g/mol. The van der Waals surface area contributed by atoms with Gasteiger partial charge < -0.3 is 10.5 Å². The molecule has 0 aliphatic heterocycles. The standard InChI is InChI=1S/C15H25NO/c1-14(2,3)13(16)11-7-9-12(10-8-11)17-15(4,5)6/h7-10,13H,16H2,1-6H3. The molecular formula is C15H25NO. The molecule has 0 saturated carbocycles. The number of benzene rings is 1. The third-order valence-corrected chi connectivity index (χ3v) is 2.60. The molecule has 2 nitrogen and oxygen atoms in total. The Morgan fingerprint density at radius 1 is 0.941 bits per heavy atom. The molecule has 2 heteroatoms. The predicted molar refractivity (Wildman–Crippen MR) is 73.2 cm³/mol. The van der Waals surface area contributed by atoms with E-state index < -0.39 is 0 Å². The van der Waals surface area contributed by atoms with Crippen molar-refractivity contribution in [2.45, 2.75) is 53.2 Å². The second-order valence-electron chi connectivity index (χ2n) is 6.63. The number of rotatable bonds is 2. The lowest BCUT2D eigenvalue weighted by Crippen LogP contribution is -2.26. The summed E-state index contributed by atoms with van der Waals surface area (Å²) in [7, 11) is 0. The molecule has 0 bridgehead atoms. The van der Waals surface area contributed by atoms with Gasteiger partial charge in [-0.1, -0.05) is 32.9 Å². The van der Waals surface area contributed by atoms with Crippen molar-refractivity contribution in [3.63, 3.8) is 0 Å². The topological polar surface area (TPSA) is 35.2 Å². The first kappa shape index (κ1) is 14.0. The quantitative estimate of drug-likeness (QED) is 0.843. The molecule has 1 aromatic carbocycles. The van der Waals surface area contributed by atoms with Crippen LogP contribution < -0.4 is 10.5 Å². The van der Waals surface area contributed by atoms with Crippen LogP contribution in [0.15, 0.2) is 24.3 Å². The van der Waals surface area contributed by atoms with Crippen LogP contribution in [-0.2, 0) is 0 Å². The third-order valence-electron chi connectivity index (χ3n) is 2.60. The minimum Gasteiger partial charge on any atom is -0.488 e. The first-order valence-corrected chi connectivity index (χ1v) is 6.14. The van der Waals surface area contributed by atoms with Crippen LogP contribution in [0.4, 0.5) is 0 Å². The highest BCUT2D eigenvalue weighted by Crippen LogP contribution is 2.31. The molecule has 0 radical (unpaired) electrons. The first-order chi connectivity index (χ1) is 7.59. The lowest BCUT2D eigenvalue weighted by atomic mass is 9.83. The zero-order valence-electron chi connectivity index (χ0n) is 11.9. The molecule has 1 aromatic rings. The van der Waals surface area contributed by atoms with Crippen molar-refractivity contribution in [2.24, 2.45) is 11.1 Å². The van der Waals surface area contributed by atoms with Crippen LogP contribution in [0.2, 0.25) is 0 Å². The van der Waals surface area contributed by atoms with Crippen LogP contribution in [-0.4, -0.2) is 5.60 Å². The fraction of sp³-hybridized carbons (Fsp3) is 0.600. The molecule has 2 N–H and O–H groups in total. The molecule has 0 amide bonds. The van der Waals surface area contributed by atoms with E-state index in [-0.39, 0.29) is 17.1 Å². The molecule has 0 saturated heterocycles. The SMILES string of the molecule is CC(C)(C)Oc1ccc(C(N)C(C)(C)C)cc1. The van der Waals surface area contributed by atoms with Gasteiger partial charge in [-0.2, -0.15) is 0 Å². The maximum absolute atomic E-state index is 6.21. The Balaban J connectivity index is 2.82. The minimum absolute atomic E-state index is 0.0474. The Bertz CT molecular complexity index is 354. The third kappa shape index (κ3) is 4.39. The molecule has 0 heterocycles. The molecule has 1 unspecified atom stereocenters. The van der Waals surface area contributed by atoms with Crippen molar-refractivity contribution in [3.8, 4) is 5.75 Å². The Morgan fingerprint density at radius 2 is 1.41 bits per heavy atom. The summed E-state index contributed by atoms with van der Waals surface area (Å²) in [5.41, 5.74) is 7.28. The maximum Gasteiger partial charge on any atom is 0.120 e. The van der Waals surface area contributed by atoms with Crippen molar-refractivity contribution < 1.29 is 4.74 Å². The Morgan fingerprint density at radius 3 is 1.76 bits per heavy atom. The van der Waals surface area contributed by atoms with Crippen molar-refractivity contribution in [3.05, 3.63) is 29.8 Å². The van der Waals surface area contributed by atoms with Crippen molar-refractivity contribution in [1.82, 2.24) is 0 Å². The summed E-state index contributed by atoms with van der Waals surface area (Å²) in [6, 6.07) is 8.14. The van der Waals surface area contributed by atoms with Crippen LogP contribution in [0.1, 0.15) is 53.1 Å². The van der Waals surface area contributed by atoms with Gasteiger partial charge in [0, 0.05) is 6.04 Å². The van der Waals surface area contributed by atoms with E-state index in [2.05, 4.69) is 32.9 Å². The fourth-order valence-electron chi connectivity index (χ4n) is 1.60. The summed E-state index contributed by atoms with van der Waals surface area (Å²) in [6.07, 6.45) is 0. The van der Waals surface area contributed by atoms with Gasteiger partial charge in [-0.05, 0) is 43.9 Å². The summed E-state index contributed by atoms with van der Waals surface area (Å²) >= 11 is 0. The van der Waals surface area contributed by atoms with Gasteiger partial charge in [0.25, 0.3) is 0 Å². The van der Waals surface area contributed by atoms with E-state index in [9.17, 15) is 0 Å². The van der Waals surface area contributed by atoms with Gasteiger partial charge in [0.2, 0.25) is 0 Å². The van der Waals surface area contributed by atoms with E-state index in [0.717, 1.165) is 11.3 Å². The largest absolute Gasteiger partial charge is 0.488 e. The molecule has 0 aromatic heterocycles. The van der Waals surface area contributed by atoms with E-state index in [1.165, 1.54) is 0 Å². The van der Waals surface area contributed by atoms with E-state index in [4.69, 9.17) is 10.5 Å². The van der Waals surface area contributed by atoms with Crippen LogP contribution in [0.25, 0.3) is 0 Å². The first-order valence-electron chi connectivity index (χ1n) is 6.14. The highest BCUT2D eigenvalue weighted by molar-refractivity contribution is 5.30. The van der Waals surface area contributed by atoms with Crippen LogP contribution in [0.5, 0.6) is 5.75 Å². The average Bonchev–Trinajstić information content (AvgIpc) is 2.14. The molecule has 0 spiro atoms. The minimum atomic E-state index is -0.159. The molecule has 1 rings (SSSR count). The van der Waals surface area contributed by atoms with Crippen LogP contribution in [0.3, 0.4) is 0 Å². The van der Waals surface area contributed by atoms with Crippen molar-refractivity contribution in [1.29, 1.82) is 0 Å². The van der Waals surface area contributed by atoms with Gasteiger partial charge >= 0.3 is 0 Å². The second-order valence-corrected chi connectivity index (χ2v) is 6.63. The zero-order valence-corrected chi connectivity index (χ0v) is 11.9. The Labute approximate surface area is 105 Å². The maximum atomic E-state index is 6.21. The second kappa shape index (κ2) is 4.69. The van der Waals surface area contributed by atoms with E-state index in [1.807, 2.05) is 32.9 Å². The number of nitrogens with two attached hydrogens (primary N) is 1. The van der Waals surface area contributed by atoms with Gasteiger partial charge in [0.1, 0.15) is 11.4 Å². The van der Waals surface area contributed by atoms with Crippen molar-refractivity contribution >= 4 is 0 Å². The number of hydrogen-bond donors (Lipinski definition) is 1. The lowest BCUT2D eigenvalue weighted by Gasteiger charge is -2.28. The molecule has 0 aliphatic carbocycles. The van der Waals surface area contributed by atoms with E-state index in [1.54, 1.807) is 0 Å². The van der Waals surface area contributed by atoms with Gasteiger partial charge in [0.15, 0.2) is 0 Å². The molecule has 0 fully saturated rings. The highest BCUT2D eigenvalue weighted by atomic mass is 16.5. The summed E-state index contributed by atoms with van der Waals surface area (Å²) in [5, 5.41) is 0. The molecule has 17 heavy (non-hydrogen) atoms. The van der Waals surface area contributed by atoms with E-state index in [0.29, 0.717) is 0 Å². The van der Waals surface area contributed by atoms with Gasteiger partial charge in [0.05, 0.1) is 0 Å². The summed E-state index contributed by atoms with van der Waals surface area (Å²) in [6.45, 7) is 12.6. The Kier molecular flexibility index (Phi) is 3.88. The van der Waals surface area contributed by atoms with Gasteiger partial charge in [-0.3, -0.25) is 0 Å². The number of ether oxygens (including phenoxy) is 1. The summed E-state index contributed by atoms with van der Waals surface area (Å²) in [4.78, 5) is 0. The summed E-state index contributed by atoms with van der Waals surface area (Å²) in [5.74, 6) is 0.891. The summed E-state index contributed by atoms with van der Waals surface area (Å²) < 4.78 is 5.78. The zero-order chi connectivity index (χ0) is 13.3.